The number of ether oxygens (including phenoxy) is 1. The molecule has 25 heavy (non-hydrogen) atoms. The third-order valence-electron chi connectivity index (χ3n) is 5.11. The summed E-state index contributed by atoms with van der Waals surface area (Å²) >= 11 is 0. The van der Waals surface area contributed by atoms with Crippen molar-refractivity contribution in [3.05, 3.63) is 65.4 Å². The van der Waals surface area contributed by atoms with E-state index in [1.54, 1.807) is 0 Å². The molecule has 0 saturated heterocycles. The molecule has 1 aromatic heterocycles. The van der Waals surface area contributed by atoms with Gasteiger partial charge in [-0.05, 0) is 48.7 Å². The monoisotopic (exact) mass is 334 g/mol. The number of hydrogen-bond acceptors (Lipinski definition) is 2. The highest BCUT2D eigenvalue weighted by molar-refractivity contribution is 5.86. The molecular weight excluding hydrogens is 308 g/mol. The van der Waals surface area contributed by atoms with Gasteiger partial charge in [-0.1, -0.05) is 43.7 Å². The first-order valence-electron chi connectivity index (χ1n) is 9.37. The normalized spacial score (nSPS) is 17.2. The Bertz CT molecular complexity index is 838. The van der Waals surface area contributed by atoms with Gasteiger partial charge in [0.1, 0.15) is 12.4 Å². The molecule has 1 aliphatic rings. The number of rotatable bonds is 5. The second kappa shape index (κ2) is 7.32. The molecular formula is C22H26N2O. The summed E-state index contributed by atoms with van der Waals surface area (Å²) in [6.07, 6.45) is 4.64. The second-order valence-electron chi connectivity index (χ2n) is 6.96. The summed E-state index contributed by atoms with van der Waals surface area (Å²) < 4.78 is 6.02. The molecule has 3 heteroatoms. The molecule has 2 N–H and O–H groups in total. The van der Waals surface area contributed by atoms with Gasteiger partial charge in [-0.25, -0.2) is 0 Å². The number of hydrogen-bond donors (Lipinski definition) is 2. The predicted octanol–water partition coefficient (Wildman–Crippen LogP) is 4.60. The van der Waals surface area contributed by atoms with Crippen LogP contribution in [0.25, 0.3) is 10.9 Å². The van der Waals surface area contributed by atoms with Crippen molar-refractivity contribution in [3.63, 3.8) is 0 Å². The minimum absolute atomic E-state index is 0.591. The maximum atomic E-state index is 6.02. The van der Waals surface area contributed by atoms with Gasteiger partial charge >= 0.3 is 0 Å². The first-order chi connectivity index (χ1) is 12.3. The zero-order valence-corrected chi connectivity index (χ0v) is 14.8. The maximum Gasteiger partial charge on any atom is 0.120 e. The molecule has 3 nitrogen and oxygen atoms in total. The summed E-state index contributed by atoms with van der Waals surface area (Å²) in [6.45, 7) is 3.92. The van der Waals surface area contributed by atoms with E-state index in [-0.39, 0.29) is 0 Å². The van der Waals surface area contributed by atoms with Crippen LogP contribution in [0.1, 0.15) is 36.6 Å². The Hall–Kier alpha value is -2.26. The van der Waals surface area contributed by atoms with Crippen LogP contribution in [0.4, 0.5) is 0 Å². The highest BCUT2D eigenvalue weighted by Gasteiger charge is 2.19. The van der Waals surface area contributed by atoms with Crippen molar-refractivity contribution in [2.75, 3.05) is 6.54 Å². The minimum atomic E-state index is 0.591. The highest BCUT2D eigenvalue weighted by atomic mass is 16.5. The molecule has 4 rings (SSSR count). The molecule has 1 aliphatic heterocycles. The average molecular weight is 334 g/mol. The van der Waals surface area contributed by atoms with Crippen LogP contribution >= 0.6 is 0 Å². The Kier molecular flexibility index (Phi) is 4.75. The smallest absolute Gasteiger partial charge is 0.120 e. The lowest BCUT2D eigenvalue weighted by Crippen LogP contribution is -2.30. The first-order valence-corrected chi connectivity index (χ1v) is 9.37. The zero-order chi connectivity index (χ0) is 17.1. The van der Waals surface area contributed by atoms with Gasteiger partial charge in [0.25, 0.3) is 0 Å². The predicted molar refractivity (Wildman–Crippen MR) is 103 cm³/mol. The number of aromatic amines is 1. The molecule has 2 aromatic carbocycles. The lowest BCUT2D eigenvalue weighted by atomic mass is 10.0. The van der Waals surface area contributed by atoms with Crippen molar-refractivity contribution >= 4 is 10.9 Å². The molecule has 1 atom stereocenters. The van der Waals surface area contributed by atoms with Crippen LogP contribution < -0.4 is 10.1 Å². The van der Waals surface area contributed by atoms with Crippen molar-refractivity contribution < 1.29 is 4.74 Å². The number of aromatic nitrogens is 1. The standard InChI is InChI=1S/C22H26N2O/c1-2-6-17-13-22-19(11-12-23-17)20-14-18(9-10-21(20)24-22)25-15-16-7-4-3-5-8-16/h3-5,7-10,14,17,23-24H,2,6,11-13,15H2,1H3. The van der Waals surface area contributed by atoms with Gasteiger partial charge in [-0.2, -0.15) is 0 Å². The highest BCUT2D eigenvalue weighted by Crippen LogP contribution is 2.29. The Labute approximate surface area is 149 Å². The molecule has 130 valence electrons. The van der Waals surface area contributed by atoms with Gasteiger partial charge in [-0.15, -0.1) is 0 Å². The SMILES string of the molecule is CCCC1Cc2[nH]c3ccc(OCc4ccccc4)cc3c2CCN1. The molecule has 0 amide bonds. The van der Waals surface area contributed by atoms with E-state index < -0.39 is 0 Å². The summed E-state index contributed by atoms with van der Waals surface area (Å²) in [6, 6.07) is 17.4. The van der Waals surface area contributed by atoms with E-state index in [9.17, 15) is 0 Å². The van der Waals surface area contributed by atoms with Crippen molar-refractivity contribution in [1.29, 1.82) is 0 Å². The van der Waals surface area contributed by atoms with Crippen LogP contribution in [0.2, 0.25) is 0 Å². The summed E-state index contributed by atoms with van der Waals surface area (Å²) in [5.41, 5.74) is 5.29. The molecule has 0 radical (unpaired) electrons. The van der Waals surface area contributed by atoms with E-state index in [1.165, 1.54) is 40.6 Å². The molecule has 1 unspecified atom stereocenters. The van der Waals surface area contributed by atoms with E-state index in [4.69, 9.17) is 4.74 Å². The topological polar surface area (TPSA) is 37.0 Å². The third-order valence-corrected chi connectivity index (χ3v) is 5.11. The van der Waals surface area contributed by atoms with E-state index in [0.29, 0.717) is 12.6 Å². The van der Waals surface area contributed by atoms with E-state index >= 15 is 0 Å². The molecule has 2 heterocycles. The van der Waals surface area contributed by atoms with E-state index in [2.05, 4.69) is 47.6 Å². The van der Waals surface area contributed by atoms with Crippen LogP contribution in [0.3, 0.4) is 0 Å². The lowest BCUT2D eigenvalue weighted by Gasteiger charge is -2.14. The van der Waals surface area contributed by atoms with Crippen molar-refractivity contribution in [2.24, 2.45) is 0 Å². The van der Waals surface area contributed by atoms with Gasteiger partial charge in [-0.3, -0.25) is 0 Å². The van der Waals surface area contributed by atoms with Gasteiger partial charge in [0, 0.05) is 29.1 Å². The van der Waals surface area contributed by atoms with Crippen molar-refractivity contribution in [2.45, 2.75) is 45.3 Å². The van der Waals surface area contributed by atoms with Gasteiger partial charge in [0.05, 0.1) is 0 Å². The molecule has 0 spiro atoms. The lowest BCUT2D eigenvalue weighted by molar-refractivity contribution is 0.306. The quantitative estimate of drug-likeness (QED) is 0.715. The van der Waals surface area contributed by atoms with Crippen LogP contribution in [-0.2, 0) is 19.4 Å². The zero-order valence-electron chi connectivity index (χ0n) is 14.8. The number of H-pyrrole nitrogens is 1. The molecule has 0 fully saturated rings. The van der Waals surface area contributed by atoms with Crippen molar-refractivity contribution in [1.82, 2.24) is 10.3 Å². The number of benzene rings is 2. The Balaban J connectivity index is 1.57. The summed E-state index contributed by atoms with van der Waals surface area (Å²) in [5.74, 6) is 0.945. The fourth-order valence-electron chi connectivity index (χ4n) is 3.85. The van der Waals surface area contributed by atoms with Gasteiger partial charge in [0.2, 0.25) is 0 Å². The average Bonchev–Trinajstić information content (AvgIpc) is 2.85. The minimum Gasteiger partial charge on any atom is -0.489 e. The summed E-state index contributed by atoms with van der Waals surface area (Å²) in [5, 5.41) is 5.01. The molecule has 0 bridgehead atoms. The van der Waals surface area contributed by atoms with Gasteiger partial charge < -0.3 is 15.0 Å². The second-order valence-corrected chi connectivity index (χ2v) is 6.96. The number of fused-ring (bicyclic) bond motifs is 3. The third kappa shape index (κ3) is 3.57. The summed E-state index contributed by atoms with van der Waals surface area (Å²) in [4.78, 5) is 3.65. The van der Waals surface area contributed by atoms with Crippen molar-refractivity contribution in [3.8, 4) is 5.75 Å². The van der Waals surface area contributed by atoms with Crippen LogP contribution in [-0.4, -0.2) is 17.6 Å². The van der Waals surface area contributed by atoms with Crippen LogP contribution in [0.15, 0.2) is 48.5 Å². The van der Waals surface area contributed by atoms with E-state index in [1.807, 2.05) is 18.2 Å². The van der Waals surface area contributed by atoms with Crippen LogP contribution in [0.5, 0.6) is 5.75 Å². The van der Waals surface area contributed by atoms with E-state index in [0.717, 1.165) is 25.1 Å². The Morgan fingerprint density at radius 2 is 2.00 bits per heavy atom. The first kappa shape index (κ1) is 16.2. The number of nitrogens with one attached hydrogen (secondary N) is 2. The van der Waals surface area contributed by atoms with Gasteiger partial charge in [0.15, 0.2) is 0 Å². The fourth-order valence-corrected chi connectivity index (χ4v) is 3.85. The Morgan fingerprint density at radius 3 is 2.84 bits per heavy atom. The molecule has 0 saturated carbocycles. The van der Waals surface area contributed by atoms with Crippen LogP contribution in [0, 0.1) is 0 Å². The molecule has 3 aromatic rings. The fraction of sp³-hybridized carbons (Fsp3) is 0.364. The molecule has 0 aliphatic carbocycles. The Morgan fingerprint density at radius 1 is 1.12 bits per heavy atom. The largest absolute Gasteiger partial charge is 0.489 e. The maximum absolute atomic E-state index is 6.02. The summed E-state index contributed by atoms with van der Waals surface area (Å²) in [7, 11) is 0.